The van der Waals surface area contributed by atoms with Gasteiger partial charge in [0.2, 0.25) is 5.91 Å². The molecular formula is C13H23NO3. The number of carbonyl (C=O) groups excluding carboxylic acids is 2. The van der Waals surface area contributed by atoms with Crippen LogP contribution in [0, 0.1) is 11.8 Å². The predicted molar refractivity (Wildman–Crippen MR) is 65.3 cm³/mol. The van der Waals surface area contributed by atoms with Gasteiger partial charge in [0, 0.05) is 5.92 Å². The Kier molecular flexibility index (Phi) is 4.17. The Bertz CT molecular complexity index is 302. The van der Waals surface area contributed by atoms with E-state index in [1.807, 2.05) is 27.7 Å². The lowest BCUT2D eigenvalue weighted by Crippen LogP contribution is -2.44. The molecule has 1 aliphatic carbocycles. The zero-order valence-electron chi connectivity index (χ0n) is 11.4. The van der Waals surface area contributed by atoms with E-state index in [2.05, 4.69) is 5.32 Å². The third kappa shape index (κ3) is 4.75. The predicted octanol–water partition coefficient (Wildman–Crippen LogP) is 1.88. The Morgan fingerprint density at radius 1 is 1.24 bits per heavy atom. The van der Waals surface area contributed by atoms with Crippen molar-refractivity contribution in [2.24, 2.45) is 11.8 Å². The highest BCUT2D eigenvalue weighted by Crippen LogP contribution is 2.36. The molecule has 1 unspecified atom stereocenters. The van der Waals surface area contributed by atoms with Crippen molar-refractivity contribution in [3.8, 4) is 0 Å². The largest absolute Gasteiger partial charge is 0.458 e. The molecular weight excluding hydrogens is 218 g/mol. The van der Waals surface area contributed by atoms with Crippen molar-refractivity contribution >= 4 is 11.9 Å². The van der Waals surface area contributed by atoms with E-state index < -0.39 is 11.6 Å². The number of esters is 1. The summed E-state index contributed by atoms with van der Waals surface area (Å²) in [6.45, 7) is 9.01. The Morgan fingerprint density at radius 3 is 2.18 bits per heavy atom. The van der Waals surface area contributed by atoms with Gasteiger partial charge in [-0.3, -0.25) is 4.79 Å². The van der Waals surface area contributed by atoms with Crippen LogP contribution in [0.1, 0.15) is 47.5 Å². The number of hydrogen-bond acceptors (Lipinski definition) is 3. The number of ether oxygens (including phenoxy) is 1. The molecule has 1 fully saturated rings. The van der Waals surface area contributed by atoms with E-state index in [1.54, 1.807) is 6.92 Å². The molecule has 1 saturated carbocycles. The quantitative estimate of drug-likeness (QED) is 0.765. The van der Waals surface area contributed by atoms with Crippen LogP contribution in [0.3, 0.4) is 0 Å². The first-order valence-electron chi connectivity index (χ1n) is 6.24. The van der Waals surface area contributed by atoms with Gasteiger partial charge >= 0.3 is 5.97 Å². The Balaban J connectivity index is 2.39. The number of rotatable bonds is 4. The van der Waals surface area contributed by atoms with Gasteiger partial charge in [-0.05, 0) is 46.5 Å². The van der Waals surface area contributed by atoms with Crippen LogP contribution in [0.15, 0.2) is 0 Å². The molecule has 0 heterocycles. The van der Waals surface area contributed by atoms with Gasteiger partial charge in [-0.15, -0.1) is 0 Å². The van der Waals surface area contributed by atoms with Gasteiger partial charge < -0.3 is 10.1 Å². The van der Waals surface area contributed by atoms with E-state index in [1.165, 1.54) is 0 Å². The van der Waals surface area contributed by atoms with Crippen molar-refractivity contribution in [3.05, 3.63) is 0 Å². The molecule has 17 heavy (non-hydrogen) atoms. The Hall–Kier alpha value is -1.06. The van der Waals surface area contributed by atoms with Gasteiger partial charge in [-0.2, -0.15) is 0 Å². The van der Waals surface area contributed by atoms with Crippen molar-refractivity contribution in [1.29, 1.82) is 0 Å². The van der Waals surface area contributed by atoms with E-state index in [0.717, 1.165) is 12.8 Å². The average molecular weight is 241 g/mol. The lowest BCUT2D eigenvalue weighted by molar-refractivity contribution is -0.158. The summed E-state index contributed by atoms with van der Waals surface area (Å²) in [5, 5.41) is 2.71. The minimum Gasteiger partial charge on any atom is -0.458 e. The van der Waals surface area contributed by atoms with Crippen molar-refractivity contribution in [1.82, 2.24) is 5.32 Å². The third-order valence-corrected chi connectivity index (χ3v) is 2.86. The monoisotopic (exact) mass is 241 g/mol. The van der Waals surface area contributed by atoms with Crippen LogP contribution in [-0.2, 0) is 14.3 Å². The van der Waals surface area contributed by atoms with E-state index in [-0.39, 0.29) is 17.8 Å². The molecule has 1 rings (SSSR count). The van der Waals surface area contributed by atoms with E-state index >= 15 is 0 Å². The second-order valence-electron chi connectivity index (χ2n) is 5.89. The first-order chi connectivity index (χ1) is 7.70. The second-order valence-corrected chi connectivity index (χ2v) is 5.89. The summed E-state index contributed by atoms with van der Waals surface area (Å²) in [5.74, 6) is 0.0698. The molecule has 1 N–H and O–H groups in total. The van der Waals surface area contributed by atoms with Crippen molar-refractivity contribution in [2.45, 2.75) is 59.1 Å². The molecule has 0 bridgehead atoms. The molecule has 0 spiro atoms. The number of hydrogen-bond donors (Lipinski definition) is 1. The summed E-state index contributed by atoms with van der Waals surface area (Å²) in [7, 11) is 0. The summed E-state index contributed by atoms with van der Waals surface area (Å²) in [5.41, 5.74) is -0.516. The highest BCUT2D eigenvalue weighted by Gasteiger charge is 2.34. The van der Waals surface area contributed by atoms with E-state index in [9.17, 15) is 9.59 Å². The maximum atomic E-state index is 11.8. The lowest BCUT2D eigenvalue weighted by atomic mass is 10.1. The topological polar surface area (TPSA) is 55.4 Å². The molecule has 0 saturated heterocycles. The van der Waals surface area contributed by atoms with Gasteiger partial charge in [0.25, 0.3) is 0 Å². The zero-order valence-corrected chi connectivity index (χ0v) is 11.4. The minimum atomic E-state index is -0.581. The van der Waals surface area contributed by atoms with Gasteiger partial charge in [-0.1, -0.05) is 6.92 Å². The third-order valence-electron chi connectivity index (χ3n) is 2.86. The van der Waals surface area contributed by atoms with E-state index in [0.29, 0.717) is 5.92 Å². The van der Waals surface area contributed by atoms with Crippen molar-refractivity contribution < 1.29 is 14.3 Å². The van der Waals surface area contributed by atoms with Crippen LogP contribution < -0.4 is 5.32 Å². The summed E-state index contributed by atoms with van der Waals surface area (Å²) >= 11 is 0. The molecule has 1 aliphatic rings. The van der Waals surface area contributed by atoms with Crippen LogP contribution in [-0.4, -0.2) is 23.5 Å². The van der Waals surface area contributed by atoms with Crippen LogP contribution >= 0.6 is 0 Å². The van der Waals surface area contributed by atoms with E-state index in [4.69, 9.17) is 4.74 Å². The maximum absolute atomic E-state index is 11.8. The van der Waals surface area contributed by atoms with Gasteiger partial charge in [0.05, 0.1) is 0 Å². The van der Waals surface area contributed by atoms with Gasteiger partial charge in [0.15, 0.2) is 0 Å². The number of carbonyl (C=O) groups is 2. The van der Waals surface area contributed by atoms with Crippen LogP contribution in [0.2, 0.25) is 0 Å². The lowest BCUT2D eigenvalue weighted by Gasteiger charge is -2.23. The Labute approximate surface area is 103 Å². The molecule has 0 aromatic rings. The normalized spacial score (nSPS) is 19.4. The fraction of sp³-hybridized carbons (Fsp3) is 0.846. The number of nitrogens with one attached hydrogen (secondary N) is 1. The van der Waals surface area contributed by atoms with Crippen molar-refractivity contribution in [3.63, 3.8) is 0 Å². The molecule has 1 amide bonds. The smallest absolute Gasteiger partial charge is 0.328 e. The molecule has 2 atom stereocenters. The second kappa shape index (κ2) is 5.07. The fourth-order valence-corrected chi connectivity index (χ4v) is 1.60. The summed E-state index contributed by atoms with van der Waals surface area (Å²) in [4.78, 5) is 23.5. The molecule has 0 aromatic carbocycles. The summed E-state index contributed by atoms with van der Waals surface area (Å²) < 4.78 is 5.20. The van der Waals surface area contributed by atoms with Crippen molar-refractivity contribution in [2.75, 3.05) is 0 Å². The molecule has 0 aromatic heterocycles. The SMILES string of the molecule is CC(C(=O)N[C@@H](C)C(=O)OC(C)(C)C)C1CC1. The first-order valence-corrected chi connectivity index (χ1v) is 6.24. The molecule has 98 valence electrons. The summed E-state index contributed by atoms with van der Waals surface area (Å²) in [6.07, 6.45) is 2.24. The van der Waals surface area contributed by atoms with Gasteiger partial charge in [0.1, 0.15) is 11.6 Å². The molecule has 4 nitrogen and oxygen atoms in total. The highest BCUT2D eigenvalue weighted by molar-refractivity contribution is 5.85. The fourth-order valence-electron chi connectivity index (χ4n) is 1.60. The molecule has 0 radical (unpaired) electrons. The van der Waals surface area contributed by atoms with Crippen LogP contribution in [0.25, 0.3) is 0 Å². The minimum absolute atomic E-state index is 0.000105. The molecule has 0 aliphatic heterocycles. The number of amides is 1. The standard InChI is InChI=1S/C13H23NO3/c1-8(10-6-7-10)11(15)14-9(2)12(16)17-13(3,4)5/h8-10H,6-7H2,1-5H3,(H,14,15)/t8?,9-/m0/s1. The zero-order chi connectivity index (χ0) is 13.2. The highest BCUT2D eigenvalue weighted by atomic mass is 16.6. The maximum Gasteiger partial charge on any atom is 0.328 e. The molecule has 4 heteroatoms. The van der Waals surface area contributed by atoms with Gasteiger partial charge in [-0.25, -0.2) is 4.79 Å². The summed E-state index contributed by atoms with van der Waals surface area (Å²) in [6, 6.07) is -0.581. The van der Waals surface area contributed by atoms with Crippen LogP contribution in [0.5, 0.6) is 0 Å². The first kappa shape index (κ1) is 14.0. The van der Waals surface area contributed by atoms with Crippen LogP contribution in [0.4, 0.5) is 0 Å². The Morgan fingerprint density at radius 2 is 1.76 bits per heavy atom. The average Bonchev–Trinajstić information content (AvgIpc) is 2.96.